The average molecular weight is 564 g/mol. The van der Waals surface area contributed by atoms with Crippen molar-refractivity contribution in [1.29, 1.82) is 0 Å². The molecular weight excluding hydrogens is 530 g/mol. The van der Waals surface area contributed by atoms with E-state index in [-0.39, 0.29) is 25.6 Å². The summed E-state index contributed by atoms with van der Waals surface area (Å²) in [5.41, 5.74) is 7.33. The Balaban J connectivity index is 1.78. The smallest absolute Gasteiger partial charge is 0.315 e. The summed E-state index contributed by atoms with van der Waals surface area (Å²) in [5, 5.41) is 2.39. The van der Waals surface area contributed by atoms with Crippen LogP contribution < -0.4 is 5.73 Å². The Kier molecular flexibility index (Phi) is 9.42. The molecule has 40 heavy (non-hydrogen) atoms. The SMILES string of the molecule is CCOC(=O)CC(=O)N1C(CC)CCN([C@H](Cc2cccc3ccccc23)C(N)=O)C(=O)C1c1cccc(Cl)c1. The first-order valence-electron chi connectivity index (χ1n) is 13.5. The number of esters is 1. The Morgan fingerprint density at radius 3 is 2.48 bits per heavy atom. The van der Waals surface area contributed by atoms with Crippen molar-refractivity contribution in [2.45, 2.75) is 57.7 Å². The van der Waals surface area contributed by atoms with Crippen LogP contribution in [0.2, 0.25) is 5.02 Å². The fourth-order valence-corrected chi connectivity index (χ4v) is 5.73. The summed E-state index contributed by atoms with van der Waals surface area (Å²) in [4.78, 5) is 56.2. The van der Waals surface area contributed by atoms with Crippen LogP contribution in [0.5, 0.6) is 0 Å². The number of amides is 3. The maximum Gasteiger partial charge on any atom is 0.315 e. The number of hydrogen-bond acceptors (Lipinski definition) is 5. The molecule has 3 atom stereocenters. The lowest BCUT2D eigenvalue weighted by molar-refractivity contribution is -0.154. The Morgan fingerprint density at radius 2 is 1.77 bits per heavy atom. The van der Waals surface area contributed by atoms with Crippen molar-refractivity contribution in [2.24, 2.45) is 5.73 Å². The monoisotopic (exact) mass is 563 g/mol. The molecule has 0 aliphatic carbocycles. The molecule has 1 aliphatic rings. The van der Waals surface area contributed by atoms with Gasteiger partial charge in [-0.15, -0.1) is 0 Å². The highest BCUT2D eigenvalue weighted by Gasteiger charge is 2.44. The van der Waals surface area contributed by atoms with Crippen LogP contribution in [-0.2, 0) is 30.3 Å². The Labute approximate surface area is 239 Å². The van der Waals surface area contributed by atoms with Crippen LogP contribution in [0, 0.1) is 0 Å². The third-order valence-corrected chi connectivity index (χ3v) is 7.65. The number of nitrogens with zero attached hydrogens (tertiary/aromatic N) is 2. The zero-order valence-electron chi connectivity index (χ0n) is 22.7. The quantitative estimate of drug-likeness (QED) is 0.306. The van der Waals surface area contributed by atoms with Gasteiger partial charge < -0.3 is 20.3 Å². The number of primary amides is 1. The Morgan fingerprint density at radius 1 is 1.05 bits per heavy atom. The molecule has 210 valence electrons. The number of fused-ring (bicyclic) bond motifs is 1. The normalized spacial score (nSPS) is 18.3. The number of ether oxygens (including phenoxy) is 1. The van der Waals surface area contributed by atoms with Crippen molar-refractivity contribution in [3.8, 4) is 0 Å². The van der Waals surface area contributed by atoms with E-state index in [4.69, 9.17) is 22.1 Å². The number of halogens is 1. The maximum atomic E-state index is 14.4. The molecule has 8 nitrogen and oxygen atoms in total. The molecule has 3 aromatic rings. The van der Waals surface area contributed by atoms with Crippen LogP contribution in [0.1, 0.15) is 50.3 Å². The number of carbonyl (C=O) groups excluding carboxylic acids is 4. The molecule has 1 fully saturated rings. The van der Waals surface area contributed by atoms with Gasteiger partial charge in [0, 0.05) is 24.0 Å². The number of rotatable bonds is 9. The van der Waals surface area contributed by atoms with Crippen molar-refractivity contribution >= 4 is 46.1 Å². The van der Waals surface area contributed by atoms with E-state index in [1.165, 1.54) is 9.80 Å². The van der Waals surface area contributed by atoms with Crippen molar-refractivity contribution in [2.75, 3.05) is 13.2 Å². The molecule has 0 saturated carbocycles. The highest BCUT2D eigenvalue weighted by atomic mass is 35.5. The minimum absolute atomic E-state index is 0.141. The Bertz CT molecular complexity index is 1410. The zero-order chi connectivity index (χ0) is 28.8. The molecular formula is C31H34ClN3O5. The van der Waals surface area contributed by atoms with Gasteiger partial charge in [-0.1, -0.05) is 73.1 Å². The lowest BCUT2D eigenvalue weighted by Gasteiger charge is -2.36. The molecule has 1 heterocycles. The standard InChI is InChI=1S/C31H34ClN3O5/c1-3-24-15-16-34(26(30(33)38)18-21-11-7-10-20-9-5-6-14-25(20)21)31(39)29(22-12-8-13-23(32)17-22)35(24)27(36)19-28(37)40-4-2/h5-14,17,24,26,29H,3-4,15-16,18-19H2,1-2H3,(H2,33,38)/t24?,26-,29?/m1/s1. The first-order chi connectivity index (χ1) is 19.2. The molecule has 9 heteroatoms. The molecule has 0 spiro atoms. The molecule has 2 unspecified atom stereocenters. The zero-order valence-corrected chi connectivity index (χ0v) is 23.5. The minimum Gasteiger partial charge on any atom is -0.466 e. The van der Waals surface area contributed by atoms with E-state index in [2.05, 4.69) is 0 Å². The summed E-state index contributed by atoms with van der Waals surface area (Å²) in [6, 6.07) is 18.0. The summed E-state index contributed by atoms with van der Waals surface area (Å²) in [5.74, 6) is -2.26. The van der Waals surface area contributed by atoms with Gasteiger partial charge in [0.1, 0.15) is 18.5 Å². The van der Waals surface area contributed by atoms with E-state index in [0.717, 1.165) is 16.3 Å². The van der Waals surface area contributed by atoms with Crippen molar-refractivity contribution < 1.29 is 23.9 Å². The number of hydrogen-bond donors (Lipinski definition) is 1. The number of carbonyl (C=O) groups is 4. The van der Waals surface area contributed by atoms with Crippen LogP contribution in [0.15, 0.2) is 66.7 Å². The van der Waals surface area contributed by atoms with E-state index >= 15 is 0 Å². The highest BCUT2D eigenvalue weighted by Crippen LogP contribution is 2.34. The molecule has 0 bridgehead atoms. The van der Waals surface area contributed by atoms with Crippen LogP contribution in [0.25, 0.3) is 10.8 Å². The van der Waals surface area contributed by atoms with Gasteiger partial charge in [-0.3, -0.25) is 19.2 Å². The largest absolute Gasteiger partial charge is 0.466 e. The van der Waals surface area contributed by atoms with Crippen LogP contribution in [-0.4, -0.2) is 58.7 Å². The summed E-state index contributed by atoms with van der Waals surface area (Å²) in [6.45, 7) is 3.95. The summed E-state index contributed by atoms with van der Waals surface area (Å²) >= 11 is 6.31. The maximum absolute atomic E-state index is 14.4. The fraction of sp³-hybridized carbons (Fsp3) is 0.355. The van der Waals surface area contributed by atoms with Gasteiger partial charge >= 0.3 is 5.97 Å². The third kappa shape index (κ3) is 6.28. The topological polar surface area (TPSA) is 110 Å². The lowest BCUT2D eigenvalue weighted by atomic mass is 9.96. The highest BCUT2D eigenvalue weighted by molar-refractivity contribution is 6.30. The van der Waals surface area contributed by atoms with Crippen LogP contribution in [0.3, 0.4) is 0 Å². The second-order valence-electron chi connectivity index (χ2n) is 9.88. The molecule has 3 amide bonds. The van der Waals surface area contributed by atoms with Gasteiger partial charge in [0.25, 0.3) is 5.91 Å². The summed E-state index contributed by atoms with van der Waals surface area (Å²) < 4.78 is 5.02. The van der Waals surface area contributed by atoms with Gasteiger partial charge in [-0.05, 0) is 53.8 Å². The van der Waals surface area contributed by atoms with Gasteiger partial charge in [0.15, 0.2) is 0 Å². The van der Waals surface area contributed by atoms with E-state index < -0.39 is 42.2 Å². The molecule has 0 radical (unpaired) electrons. The van der Waals surface area contributed by atoms with Gasteiger partial charge in [-0.2, -0.15) is 0 Å². The summed E-state index contributed by atoms with van der Waals surface area (Å²) in [7, 11) is 0. The Hall–Kier alpha value is -3.91. The first kappa shape index (κ1) is 29.1. The minimum atomic E-state index is -1.09. The average Bonchev–Trinajstić information content (AvgIpc) is 3.07. The van der Waals surface area contributed by atoms with E-state index in [1.807, 2.05) is 49.4 Å². The molecule has 4 rings (SSSR count). The molecule has 3 aromatic carbocycles. The second kappa shape index (κ2) is 13.0. The van der Waals surface area contributed by atoms with Crippen molar-refractivity contribution in [3.05, 3.63) is 82.9 Å². The van der Waals surface area contributed by atoms with E-state index in [0.29, 0.717) is 23.4 Å². The fourth-order valence-electron chi connectivity index (χ4n) is 5.53. The van der Waals surface area contributed by atoms with E-state index in [1.54, 1.807) is 31.2 Å². The molecule has 2 N–H and O–H groups in total. The van der Waals surface area contributed by atoms with Crippen molar-refractivity contribution in [3.63, 3.8) is 0 Å². The van der Waals surface area contributed by atoms with E-state index in [9.17, 15) is 19.2 Å². The third-order valence-electron chi connectivity index (χ3n) is 7.41. The first-order valence-corrected chi connectivity index (χ1v) is 13.9. The predicted octanol–water partition coefficient (Wildman–Crippen LogP) is 4.42. The van der Waals surface area contributed by atoms with Gasteiger partial charge in [0.2, 0.25) is 11.8 Å². The molecule has 0 aromatic heterocycles. The lowest BCUT2D eigenvalue weighted by Crippen LogP contribution is -2.52. The predicted molar refractivity (Wildman–Crippen MR) is 153 cm³/mol. The van der Waals surface area contributed by atoms with Crippen LogP contribution in [0.4, 0.5) is 0 Å². The molecule has 1 aliphatic heterocycles. The number of benzene rings is 3. The van der Waals surface area contributed by atoms with Gasteiger partial charge in [0.05, 0.1) is 6.61 Å². The summed E-state index contributed by atoms with van der Waals surface area (Å²) in [6.07, 6.45) is 0.673. The van der Waals surface area contributed by atoms with Crippen LogP contribution >= 0.6 is 11.6 Å². The number of nitrogens with two attached hydrogens (primary N) is 1. The van der Waals surface area contributed by atoms with Gasteiger partial charge in [-0.25, -0.2) is 0 Å². The molecule has 1 saturated heterocycles. The second-order valence-corrected chi connectivity index (χ2v) is 10.3. The van der Waals surface area contributed by atoms with Crippen molar-refractivity contribution in [1.82, 2.24) is 9.80 Å².